The van der Waals surface area contributed by atoms with E-state index < -0.39 is 0 Å². The Morgan fingerprint density at radius 2 is 1.79 bits per heavy atom. The highest BCUT2D eigenvalue weighted by molar-refractivity contribution is 5.89. The Labute approximate surface area is 232 Å². The topological polar surface area (TPSA) is 26.3 Å². The van der Waals surface area contributed by atoms with Gasteiger partial charge in [-0.2, -0.15) is 0 Å². The molecule has 0 heterocycles. The van der Waals surface area contributed by atoms with E-state index in [1.165, 1.54) is 51.4 Å². The average Bonchev–Trinajstić information content (AvgIpc) is 3.26. The fourth-order valence-corrected chi connectivity index (χ4v) is 9.73. The Hall–Kier alpha value is -1.83. The van der Waals surface area contributed by atoms with E-state index in [0.717, 1.165) is 60.3 Å². The quantitative estimate of drug-likeness (QED) is 0.254. The number of ether oxygens (including phenoxy) is 1. The van der Waals surface area contributed by atoms with Crippen LogP contribution in [0.1, 0.15) is 121 Å². The molecular weight excluding hydrogens is 464 g/mol. The molecule has 0 aromatic heterocycles. The van der Waals surface area contributed by atoms with Crippen LogP contribution >= 0.6 is 0 Å². The van der Waals surface area contributed by atoms with Crippen LogP contribution in [-0.4, -0.2) is 12.1 Å². The zero-order valence-electron chi connectivity index (χ0n) is 24.8. The molecule has 4 aliphatic rings. The molecule has 1 aromatic rings. The molecule has 8 unspecified atom stereocenters. The van der Waals surface area contributed by atoms with Crippen molar-refractivity contribution in [2.45, 2.75) is 111 Å². The maximum absolute atomic E-state index is 12.9. The average molecular weight is 517 g/mol. The van der Waals surface area contributed by atoms with Crippen molar-refractivity contribution < 1.29 is 9.53 Å². The summed E-state index contributed by atoms with van der Waals surface area (Å²) in [6.07, 6.45) is 18.6. The van der Waals surface area contributed by atoms with Gasteiger partial charge in [-0.1, -0.05) is 90.3 Å². The lowest BCUT2D eigenvalue weighted by atomic mass is 9.47. The molecule has 208 valence electrons. The van der Waals surface area contributed by atoms with Crippen molar-refractivity contribution >= 4 is 12.0 Å². The van der Waals surface area contributed by atoms with Crippen molar-refractivity contribution in [3.05, 3.63) is 53.6 Å². The molecule has 8 atom stereocenters. The van der Waals surface area contributed by atoms with Gasteiger partial charge in [0, 0.05) is 6.42 Å². The number of carbonyl (C=O) groups excluding carboxylic acids is 1. The molecule has 5 rings (SSSR count). The first-order valence-electron chi connectivity index (χ1n) is 15.8. The first-order valence-corrected chi connectivity index (χ1v) is 15.8. The Morgan fingerprint density at radius 1 is 1.03 bits per heavy atom. The Morgan fingerprint density at radius 3 is 2.50 bits per heavy atom. The van der Waals surface area contributed by atoms with Crippen molar-refractivity contribution in [1.29, 1.82) is 0 Å². The van der Waals surface area contributed by atoms with Gasteiger partial charge >= 0.3 is 5.97 Å². The molecule has 0 N–H and O–H groups in total. The Bertz CT molecular complexity index is 1030. The van der Waals surface area contributed by atoms with E-state index in [9.17, 15) is 4.79 Å². The van der Waals surface area contributed by atoms with Gasteiger partial charge < -0.3 is 4.74 Å². The predicted molar refractivity (Wildman–Crippen MR) is 159 cm³/mol. The van der Waals surface area contributed by atoms with Crippen molar-refractivity contribution in [3.63, 3.8) is 0 Å². The van der Waals surface area contributed by atoms with Gasteiger partial charge in [-0.3, -0.25) is 0 Å². The summed E-state index contributed by atoms with van der Waals surface area (Å²) in [7, 11) is 0. The normalized spacial score (nSPS) is 37.0. The third kappa shape index (κ3) is 5.06. The van der Waals surface area contributed by atoms with Crippen molar-refractivity contribution in [2.24, 2.45) is 46.3 Å². The van der Waals surface area contributed by atoms with Crippen LogP contribution in [0.2, 0.25) is 0 Å². The third-order valence-electron chi connectivity index (χ3n) is 11.9. The minimum atomic E-state index is -0.184. The standard InChI is InChI=1S/C36H52O2/c1-7-26-11-13-27(14-12-26)34(37)38-29-19-21-35(5)28(23-29)15-16-30-32-18-17-31(25(4)10-8-9-24(2)3)36(32,6)22-20-33(30)35/h7,11-15,24-25,29-33H,1,8-10,16-23H2,2-6H3. The number of hydrogen-bond acceptors (Lipinski definition) is 2. The largest absolute Gasteiger partial charge is 0.458 e. The molecular formula is C36H52O2. The van der Waals surface area contributed by atoms with Crippen LogP contribution in [0.15, 0.2) is 42.5 Å². The number of carbonyl (C=O) groups is 1. The lowest BCUT2D eigenvalue weighted by Crippen LogP contribution is -2.51. The highest BCUT2D eigenvalue weighted by atomic mass is 16.5. The van der Waals surface area contributed by atoms with Crippen LogP contribution in [0.4, 0.5) is 0 Å². The summed E-state index contributed by atoms with van der Waals surface area (Å²) in [5, 5.41) is 0. The van der Waals surface area contributed by atoms with Gasteiger partial charge in [-0.15, -0.1) is 0 Å². The van der Waals surface area contributed by atoms with Crippen molar-refractivity contribution in [3.8, 4) is 0 Å². The summed E-state index contributed by atoms with van der Waals surface area (Å²) in [5.41, 5.74) is 4.08. The molecule has 3 saturated carbocycles. The smallest absolute Gasteiger partial charge is 0.338 e. The first-order chi connectivity index (χ1) is 18.2. The van der Waals surface area contributed by atoms with Gasteiger partial charge in [-0.05, 0) is 109 Å². The fraction of sp³-hybridized carbons (Fsp3) is 0.694. The summed E-state index contributed by atoms with van der Waals surface area (Å²) in [4.78, 5) is 12.9. The maximum Gasteiger partial charge on any atom is 0.338 e. The molecule has 3 fully saturated rings. The van der Waals surface area contributed by atoms with E-state index in [0.29, 0.717) is 16.4 Å². The second kappa shape index (κ2) is 11.0. The van der Waals surface area contributed by atoms with Gasteiger partial charge in [0.2, 0.25) is 0 Å². The maximum atomic E-state index is 12.9. The Balaban J connectivity index is 1.24. The number of hydrogen-bond donors (Lipinski definition) is 0. The highest BCUT2D eigenvalue weighted by Gasteiger charge is 2.59. The van der Waals surface area contributed by atoms with E-state index in [1.807, 2.05) is 24.3 Å². The van der Waals surface area contributed by atoms with Crippen LogP contribution in [0, 0.1) is 46.3 Å². The van der Waals surface area contributed by atoms with Crippen LogP contribution in [-0.2, 0) is 4.74 Å². The van der Waals surface area contributed by atoms with Crippen molar-refractivity contribution in [2.75, 3.05) is 0 Å². The van der Waals surface area contributed by atoms with E-state index in [-0.39, 0.29) is 12.1 Å². The molecule has 0 aliphatic heterocycles. The van der Waals surface area contributed by atoms with Gasteiger partial charge in [-0.25, -0.2) is 4.79 Å². The predicted octanol–water partition coefficient (Wildman–Crippen LogP) is 9.90. The first kappa shape index (κ1) is 27.7. The summed E-state index contributed by atoms with van der Waals surface area (Å²) < 4.78 is 6.05. The van der Waals surface area contributed by atoms with Gasteiger partial charge in [0.05, 0.1) is 5.56 Å². The number of esters is 1. The van der Waals surface area contributed by atoms with Gasteiger partial charge in [0.15, 0.2) is 0 Å². The molecule has 0 bridgehead atoms. The lowest BCUT2D eigenvalue weighted by molar-refractivity contribution is -0.0594. The van der Waals surface area contributed by atoms with E-state index >= 15 is 0 Å². The third-order valence-corrected chi connectivity index (χ3v) is 11.9. The Kier molecular flexibility index (Phi) is 8.01. The zero-order chi connectivity index (χ0) is 27.1. The summed E-state index contributed by atoms with van der Waals surface area (Å²) in [6.45, 7) is 16.3. The van der Waals surface area contributed by atoms with E-state index in [2.05, 4.69) is 47.3 Å². The summed E-state index contributed by atoms with van der Waals surface area (Å²) >= 11 is 0. The van der Waals surface area contributed by atoms with Gasteiger partial charge in [0.25, 0.3) is 0 Å². The second-order valence-electron chi connectivity index (χ2n) is 14.4. The van der Waals surface area contributed by atoms with Gasteiger partial charge in [0.1, 0.15) is 6.10 Å². The van der Waals surface area contributed by atoms with Crippen LogP contribution in [0.3, 0.4) is 0 Å². The molecule has 2 nitrogen and oxygen atoms in total. The molecule has 0 spiro atoms. The molecule has 0 radical (unpaired) electrons. The number of fused-ring (bicyclic) bond motifs is 5. The molecule has 4 aliphatic carbocycles. The number of rotatable bonds is 8. The fourth-order valence-electron chi connectivity index (χ4n) is 9.73. The summed E-state index contributed by atoms with van der Waals surface area (Å²) in [5.74, 6) is 4.96. The number of benzene rings is 1. The summed E-state index contributed by atoms with van der Waals surface area (Å²) in [6, 6.07) is 7.58. The molecule has 0 amide bonds. The minimum Gasteiger partial charge on any atom is -0.458 e. The molecule has 1 aromatic carbocycles. The molecule has 2 heteroatoms. The van der Waals surface area contributed by atoms with Crippen LogP contribution < -0.4 is 0 Å². The van der Waals surface area contributed by atoms with E-state index in [1.54, 1.807) is 11.6 Å². The highest BCUT2D eigenvalue weighted by Crippen LogP contribution is 2.67. The monoisotopic (exact) mass is 516 g/mol. The second-order valence-corrected chi connectivity index (χ2v) is 14.4. The van der Waals surface area contributed by atoms with Crippen LogP contribution in [0.25, 0.3) is 6.08 Å². The molecule has 38 heavy (non-hydrogen) atoms. The minimum absolute atomic E-state index is 0.00821. The number of allylic oxidation sites excluding steroid dienone is 1. The zero-order valence-corrected chi connectivity index (χ0v) is 24.8. The van der Waals surface area contributed by atoms with E-state index in [4.69, 9.17) is 4.74 Å². The molecule has 0 saturated heterocycles. The lowest BCUT2D eigenvalue weighted by Gasteiger charge is -2.58. The van der Waals surface area contributed by atoms with Crippen molar-refractivity contribution in [1.82, 2.24) is 0 Å². The SMILES string of the molecule is C=Cc1ccc(C(=O)OC2CCC3(C)C(=CCC4C3CCC3(C)C(C(C)CCCC(C)C)CCC43)C2)cc1. The van der Waals surface area contributed by atoms with Crippen LogP contribution in [0.5, 0.6) is 0 Å².